The number of amides is 1. The van der Waals surface area contributed by atoms with E-state index in [1.165, 1.54) is 12.1 Å². The smallest absolute Gasteiger partial charge is 0.457 e. The Morgan fingerprint density at radius 1 is 0.909 bits per heavy atom. The van der Waals surface area contributed by atoms with E-state index < -0.39 is 36.5 Å². The number of cyclic esters (lactones) is 1. The molecule has 0 spiro atoms. The molecule has 0 bridgehead atoms. The molecule has 1 N–H and O–H groups in total. The second kappa shape index (κ2) is 9.40. The first-order valence-corrected chi connectivity index (χ1v) is 10.0. The van der Waals surface area contributed by atoms with Crippen LogP contribution in [0.1, 0.15) is 17.2 Å². The van der Waals surface area contributed by atoms with Gasteiger partial charge < -0.3 is 19.5 Å². The number of benzene rings is 3. The molecule has 0 radical (unpaired) electrons. The van der Waals surface area contributed by atoms with E-state index in [9.17, 15) is 22.4 Å². The lowest BCUT2D eigenvalue weighted by atomic mass is 9.96. The Bertz CT molecular complexity index is 1090. The van der Waals surface area contributed by atoms with Crippen molar-refractivity contribution in [1.29, 1.82) is 0 Å². The van der Waals surface area contributed by atoms with Crippen molar-refractivity contribution >= 4 is 6.09 Å². The predicted octanol–water partition coefficient (Wildman–Crippen LogP) is 6.11. The first kappa shape index (κ1) is 22.4. The minimum Gasteiger partial charge on any atom is -0.457 e. The highest BCUT2D eigenvalue weighted by molar-refractivity contribution is 5.70. The number of para-hydroxylation sites is 1. The van der Waals surface area contributed by atoms with Crippen molar-refractivity contribution in [3.05, 3.63) is 90.0 Å². The van der Waals surface area contributed by atoms with Crippen LogP contribution in [0.25, 0.3) is 0 Å². The number of hydrogen-bond acceptors (Lipinski definition) is 4. The number of carbonyl (C=O) groups is 1. The van der Waals surface area contributed by atoms with Gasteiger partial charge in [0.05, 0.1) is 6.04 Å². The molecule has 1 fully saturated rings. The van der Waals surface area contributed by atoms with E-state index in [4.69, 9.17) is 9.47 Å². The number of nitrogens with one attached hydrogen (secondary N) is 1. The molecule has 1 aliphatic heterocycles. The van der Waals surface area contributed by atoms with Crippen molar-refractivity contribution < 1.29 is 36.6 Å². The van der Waals surface area contributed by atoms with E-state index in [1.54, 1.807) is 30.3 Å². The molecule has 1 saturated heterocycles. The van der Waals surface area contributed by atoms with Crippen molar-refractivity contribution in [1.82, 2.24) is 5.32 Å². The lowest BCUT2D eigenvalue weighted by molar-refractivity contribution is -0.253. The maximum absolute atomic E-state index is 13.2. The third-order valence-electron chi connectivity index (χ3n) is 4.95. The van der Waals surface area contributed by atoms with Gasteiger partial charge in [-0.15, -0.1) is 0 Å². The Hall–Kier alpha value is -3.75. The number of carbonyl (C=O) groups excluding carboxylic acids is 1. The van der Waals surface area contributed by atoms with E-state index in [1.807, 2.05) is 30.3 Å². The SMILES string of the molecule is O=C1NC(Cc2cccc(OC(F)(F)C(F)F)c2)C(c2ccc(Oc3ccccc3)cc2)O1. The van der Waals surface area contributed by atoms with Crippen LogP contribution in [0.3, 0.4) is 0 Å². The molecule has 4 rings (SSSR count). The van der Waals surface area contributed by atoms with Gasteiger partial charge in [0.2, 0.25) is 0 Å². The van der Waals surface area contributed by atoms with Crippen molar-refractivity contribution in [2.24, 2.45) is 0 Å². The zero-order chi connectivity index (χ0) is 23.4. The summed E-state index contributed by atoms with van der Waals surface area (Å²) in [5.41, 5.74) is 1.21. The summed E-state index contributed by atoms with van der Waals surface area (Å²) in [5, 5.41) is 2.69. The molecule has 2 unspecified atom stereocenters. The van der Waals surface area contributed by atoms with Crippen molar-refractivity contribution in [3.8, 4) is 17.2 Å². The molecule has 1 heterocycles. The molecular formula is C24H19F4NO4. The summed E-state index contributed by atoms with van der Waals surface area (Å²) in [7, 11) is 0. The van der Waals surface area contributed by atoms with Gasteiger partial charge in [0.1, 0.15) is 23.4 Å². The highest BCUT2D eigenvalue weighted by atomic mass is 19.3. The molecule has 172 valence electrons. The Balaban J connectivity index is 1.46. The van der Waals surface area contributed by atoms with E-state index in [-0.39, 0.29) is 6.42 Å². The summed E-state index contributed by atoms with van der Waals surface area (Å²) in [6, 6.07) is 21.1. The first-order chi connectivity index (χ1) is 15.8. The van der Waals surface area contributed by atoms with Crippen molar-refractivity contribution in [2.45, 2.75) is 31.1 Å². The normalized spacial score (nSPS) is 18.0. The number of alkyl carbamates (subject to hydrolysis) is 1. The van der Waals surface area contributed by atoms with Crippen LogP contribution in [-0.2, 0) is 11.2 Å². The minimum atomic E-state index is -4.60. The Morgan fingerprint density at radius 2 is 1.58 bits per heavy atom. The van der Waals surface area contributed by atoms with Gasteiger partial charge in [-0.25, -0.2) is 4.79 Å². The van der Waals surface area contributed by atoms with E-state index in [0.717, 1.165) is 6.07 Å². The van der Waals surface area contributed by atoms with E-state index in [2.05, 4.69) is 10.1 Å². The fourth-order valence-electron chi connectivity index (χ4n) is 3.46. The summed E-state index contributed by atoms with van der Waals surface area (Å²) in [6.07, 6.45) is -9.62. The molecule has 5 nitrogen and oxygen atoms in total. The van der Waals surface area contributed by atoms with Gasteiger partial charge >= 0.3 is 18.6 Å². The van der Waals surface area contributed by atoms with Gasteiger partial charge in [-0.2, -0.15) is 17.6 Å². The van der Waals surface area contributed by atoms with Gasteiger partial charge in [-0.05, 0) is 53.9 Å². The second-order valence-corrected chi connectivity index (χ2v) is 7.38. The van der Waals surface area contributed by atoms with E-state index >= 15 is 0 Å². The average molecular weight is 461 g/mol. The molecule has 1 aliphatic rings. The molecule has 2 atom stereocenters. The predicted molar refractivity (Wildman–Crippen MR) is 111 cm³/mol. The summed E-state index contributed by atoms with van der Waals surface area (Å²) in [4.78, 5) is 11.9. The quantitative estimate of drug-likeness (QED) is 0.412. The van der Waals surface area contributed by atoms with E-state index in [0.29, 0.717) is 22.6 Å². The number of rotatable bonds is 8. The van der Waals surface area contributed by atoms with Crippen LogP contribution in [0, 0.1) is 0 Å². The summed E-state index contributed by atoms with van der Waals surface area (Å²) in [6.45, 7) is 0. The number of hydrogen-bond donors (Lipinski definition) is 1. The molecule has 1 amide bonds. The topological polar surface area (TPSA) is 56.8 Å². The molecule has 0 saturated carbocycles. The Kier molecular flexibility index (Phi) is 6.39. The molecule has 0 aromatic heterocycles. The third-order valence-corrected chi connectivity index (χ3v) is 4.95. The van der Waals surface area contributed by atoms with Gasteiger partial charge in [-0.3, -0.25) is 0 Å². The largest absolute Gasteiger partial charge is 0.461 e. The van der Waals surface area contributed by atoms with Crippen LogP contribution in [0.5, 0.6) is 17.2 Å². The zero-order valence-electron chi connectivity index (χ0n) is 17.1. The zero-order valence-corrected chi connectivity index (χ0v) is 17.1. The van der Waals surface area contributed by atoms with Crippen LogP contribution < -0.4 is 14.8 Å². The van der Waals surface area contributed by atoms with Gasteiger partial charge in [0.15, 0.2) is 0 Å². The van der Waals surface area contributed by atoms with Crippen LogP contribution >= 0.6 is 0 Å². The molecule has 9 heteroatoms. The van der Waals surface area contributed by atoms with Crippen LogP contribution in [-0.4, -0.2) is 24.7 Å². The highest BCUT2D eigenvalue weighted by Crippen LogP contribution is 2.32. The fraction of sp³-hybridized carbons (Fsp3) is 0.208. The summed E-state index contributed by atoms with van der Waals surface area (Å²) < 4.78 is 66.5. The molecular weight excluding hydrogens is 442 g/mol. The second-order valence-electron chi connectivity index (χ2n) is 7.38. The Morgan fingerprint density at radius 3 is 2.27 bits per heavy atom. The molecule has 3 aromatic rings. The number of halogens is 4. The maximum atomic E-state index is 13.2. The summed E-state index contributed by atoms with van der Waals surface area (Å²) in [5.74, 6) is 0.877. The highest BCUT2D eigenvalue weighted by Gasteiger charge is 2.44. The number of ether oxygens (including phenoxy) is 3. The monoisotopic (exact) mass is 461 g/mol. The first-order valence-electron chi connectivity index (χ1n) is 10.0. The molecule has 33 heavy (non-hydrogen) atoms. The van der Waals surface area contributed by atoms with Gasteiger partial charge in [-0.1, -0.05) is 42.5 Å². The lowest BCUT2D eigenvalue weighted by Gasteiger charge is -2.19. The van der Waals surface area contributed by atoms with Crippen LogP contribution in [0.4, 0.5) is 22.4 Å². The molecule has 3 aromatic carbocycles. The molecule has 0 aliphatic carbocycles. The van der Waals surface area contributed by atoms with Crippen LogP contribution in [0.15, 0.2) is 78.9 Å². The van der Waals surface area contributed by atoms with Crippen molar-refractivity contribution in [2.75, 3.05) is 0 Å². The standard InChI is InChI=1S/C24H19F4NO4/c25-22(26)24(27,28)33-19-8-4-5-15(13-19)14-20-21(32-23(30)29-20)16-9-11-18(12-10-16)31-17-6-2-1-3-7-17/h1-13,20-22H,14H2,(H,29,30). The maximum Gasteiger partial charge on any atom is 0.461 e. The number of alkyl halides is 4. The summed E-state index contributed by atoms with van der Waals surface area (Å²) >= 11 is 0. The third kappa shape index (κ3) is 5.54. The van der Waals surface area contributed by atoms with Gasteiger partial charge in [0.25, 0.3) is 0 Å². The lowest BCUT2D eigenvalue weighted by Crippen LogP contribution is -2.33. The average Bonchev–Trinajstić information content (AvgIpc) is 3.14. The Labute approximate surface area is 186 Å². The van der Waals surface area contributed by atoms with Gasteiger partial charge in [0, 0.05) is 0 Å². The minimum absolute atomic E-state index is 0.204. The van der Waals surface area contributed by atoms with Crippen LogP contribution in [0.2, 0.25) is 0 Å². The van der Waals surface area contributed by atoms with Crippen molar-refractivity contribution in [3.63, 3.8) is 0 Å². The fourth-order valence-corrected chi connectivity index (χ4v) is 3.46.